The minimum Gasteiger partial charge on any atom is -0.379 e. The van der Waals surface area contributed by atoms with Crippen LogP contribution in [0.25, 0.3) is 11.1 Å². The Bertz CT molecular complexity index is 948. The maximum atomic E-state index is 13.0. The van der Waals surface area contributed by atoms with Crippen molar-refractivity contribution in [2.24, 2.45) is 0 Å². The van der Waals surface area contributed by atoms with E-state index in [9.17, 15) is 4.79 Å². The Morgan fingerprint density at radius 1 is 1.10 bits per heavy atom. The van der Waals surface area contributed by atoms with Crippen LogP contribution < -0.4 is 5.32 Å². The molecule has 1 fully saturated rings. The number of amides is 1. The van der Waals surface area contributed by atoms with E-state index in [2.05, 4.69) is 41.4 Å². The molecular formula is C24H26N2O2S. The van der Waals surface area contributed by atoms with Crippen LogP contribution in [0.4, 0.5) is 0 Å². The number of ether oxygens (including phenoxy) is 1. The minimum absolute atomic E-state index is 0.00948. The van der Waals surface area contributed by atoms with Crippen LogP contribution in [0.2, 0.25) is 0 Å². The fraction of sp³-hybridized carbons (Fsp3) is 0.292. The van der Waals surface area contributed by atoms with Gasteiger partial charge < -0.3 is 10.1 Å². The summed E-state index contributed by atoms with van der Waals surface area (Å²) in [5.41, 5.74) is 4.53. The average molecular weight is 407 g/mol. The number of carbonyl (C=O) groups is 1. The van der Waals surface area contributed by atoms with Crippen LogP contribution in [0.1, 0.15) is 26.8 Å². The molecule has 0 aliphatic carbocycles. The molecule has 5 heteroatoms. The molecule has 1 saturated heterocycles. The van der Waals surface area contributed by atoms with Gasteiger partial charge in [-0.15, -0.1) is 11.3 Å². The largest absolute Gasteiger partial charge is 0.379 e. The molecule has 1 aliphatic rings. The highest BCUT2D eigenvalue weighted by Crippen LogP contribution is 2.28. The molecule has 2 heterocycles. The van der Waals surface area contributed by atoms with Crippen molar-refractivity contribution in [1.82, 2.24) is 10.2 Å². The highest BCUT2D eigenvalue weighted by Gasteiger charge is 2.24. The van der Waals surface area contributed by atoms with Crippen LogP contribution in [0, 0.1) is 6.92 Å². The van der Waals surface area contributed by atoms with E-state index in [1.54, 1.807) is 0 Å². The number of nitrogens with zero attached hydrogens (tertiary/aromatic N) is 1. The van der Waals surface area contributed by atoms with Crippen molar-refractivity contribution in [2.45, 2.75) is 13.0 Å². The van der Waals surface area contributed by atoms with E-state index in [1.807, 2.05) is 41.8 Å². The van der Waals surface area contributed by atoms with Crippen LogP contribution in [0.5, 0.6) is 0 Å². The molecule has 1 atom stereocenters. The third-order valence-corrected chi connectivity index (χ3v) is 6.24. The van der Waals surface area contributed by atoms with E-state index < -0.39 is 0 Å². The summed E-state index contributed by atoms with van der Waals surface area (Å²) in [5, 5.41) is 5.18. The summed E-state index contributed by atoms with van der Waals surface area (Å²) in [6.45, 7) is 5.91. The lowest BCUT2D eigenvalue weighted by Crippen LogP contribution is -2.43. The van der Waals surface area contributed by atoms with Crippen molar-refractivity contribution in [3.8, 4) is 11.1 Å². The summed E-state index contributed by atoms with van der Waals surface area (Å²) in [5.74, 6) is -0.00948. The molecular weight excluding hydrogens is 380 g/mol. The number of nitrogens with one attached hydrogen (secondary N) is 1. The molecule has 3 aromatic rings. The van der Waals surface area contributed by atoms with Gasteiger partial charge in [-0.2, -0.15) is 0 Å². The quantitative estimate of drug-likeness (QED) is 0.654. The Kier molecular flexibility index (Phi) is 6.39. The predicted octanol–water partition coefficient (Wildman–Crippen LogP) is 4.53. The Balaban J connectivity index is 1.52. The number of aryl methyl sites for hydroxylation is 1. The standard InChI is InChI=1S/C24H26N2O2S/c1-18-6-5-9-20(16-18)22(26-11-13-28-14-12-26)17-25-24(27)23-21(10-15-29-23)19-7-3-2-4-8-19/h2-10,15-16,22H,11-14,17H2,1H3,(H,25,27). The second kappa shape index (κ2) is 9.35. The van der Waals surface area contributed by atoms with Gasteiger partial charge in [-0.3, -0.25) is 9.69 Å². The van der Waals surface area contributed by atoms with Gasteiger partial charge in [0.15, 0.2) is 0 Å². The van der Waals surface area contributed by atoms with E-state index in [0.717, 1.165) is 42.3 Å². The van der Waals surface area contributed by atoms with Gasteiger partial charge in [-0.05, 0) is 29.5 Å². The van der Waals surface area contributed by atoms with Gasteiger partial charge in [-0.1, -0.05) is 60.2 Å². The van der Waals surface area contributed by atoms with Gasteiger partial charge in [-0.25, -0.2) is 0 Å². The van der Waals surface area contributed by atoms with Gasteiger partial charge in [0.2, 0.25) is 0 Å². The fourth-order valence-corrected chi connectivity index (χ4v) is 4.66. The van der Waals surface area contributed by atoms with E-state index in [1.165, 1.54) is 22.5 Å². The van der Waals surface area contributed by atoms with Crippen LogP contribution in [-0.4, -0.2) is 43.7 Å². The van der Waals surface area contributed by atoms with Gasteiger partial charge >= 0.3 is 0 Å². The number of carbonyl (C=O) groups excluding carboxylic acids is 1. The molecule has 0 spiro atoms. The summed E-state index contributed by atoms with van der Waals surface area (Å²) >= 11 is 1.49. The molecule has 0 radical (unpaired) electrons. The van der Waals surface area contributed by atoms with Crippen molar-refractivity contribution >= 4 is 17.2 Å². The molecule has 2 aromatic carbocycles. The first kappa shape index (κ1) is 19.8. The molecule has 4 nitrogen and oxygen atoms in total. The molecule has 150 valence electrons. The van der Waals surface area contributed by atoms with Crippen molar-refractivity contribution in [3.63, 3.8) is 0 Å². The lowest BCUT2D eigenvalue weighted by molar-refractivity contribution is 0.0162. The van der Waals surface area contributed by atoms with Crippen LogP contribution in [-0.2, 0) is 4.74 Å². The highest BCUT2D eigenvalue weighted by molar-refractivity contribution is 7.12. The summed E-state index contributed by atoms with van der Waals surface area (Å²) in [6.07, 6.45) is 0. The minimum atomic E-state index is -0.00948. The fourth-order valence-electron chi connectivity index (χ4n) is 3.82. The zero-order valence-corrected chi connectivity index (χ0v) is 17.5. The monoisotopic (exact) mass is 406 g/mol. The van der Waals surface area contributed by atoms with Crippen molar-refractivity contribution in [2.75, 3.05) is 32.8 Å². The summed E-state index contributed by atoms with van der Waals surface area (Å²) in [6, 6.07) is 20.8. The third kappa shape index (κ3) is 4.75. The number of thiophene rings is 1. The molecule has 0 saturated carbocycles. The van der Waals surface area contributed by atoms with E-state index in [-0.39, 0.29) is 11.9 Å². The molecule has 4 rings (SSSR count). The Labute approximate surface area is 176 Å². The van der Waals surface area contributed by atoms with Gasteiger partial charge in [0, 0.05) is 25.2 Å². The van der Waals surface area contributed by atoms with Gasteiger partial charge in [0.25, 0.3) is 5.91 Å². The molecule has 29 heavy (non-hydrogen) atoms. The van der Waals surface area contributed by atoms with Crippen LogP contribution in [0.3, 0.4) is 0 Å². The highest BCUT2D eigenvalue weighted by atomic mass is 32.1. The molecule has 0 bridgehead atoms. The maximum Gasteiger partial charge on any atom is 0.262 e. The Morgan fingerprint density at radius 2 is 1.90 bits per heavy atom. The topological polar surface area (TPSA) is 41.6 Å². The summed E-state index contributed by atoms with van der Waals surface area (Å²) in [4.78, 5) is 16.2. The number of hydrogen-bond donors (Lipinski definition) is 1. The molecule has 1 amide bonds. The predicted molar refractivity (Wildman–Crippen MR) is 118 cm³/mol. The van der Waals surface area contributed by atoms with Crippen molar-refractivity contribution < 1.29 is 9.53 Å². The zero-order chi connectivity index (χ0) is 20.1. The number of morpholine rings is 1. The van der Waals surface area contributed by atoms with Crippen molar-refractivity contribution in [1.29, 1.82) is 0 Å². The SMILES string of the molecule is Cc1cccc(C(CNC(=O)c2sccc2-c2ccccc2)N2CCOCC2)c1. The Morgan fingerprint density at radius 3 is 2.66 bits per heavy atom. The lowest BCUT2D eigenvalue weighted by Gasteiger charge is -2.35. The number of rotatable bonds is 6. The van der Waals surface area contributed by atoms with E-state index in [4.69, 9.17) is 4.74 Å². The number of benzene rings is 2. The summed E-state index contributed by atoms with van der Waals surface area (Å²) < 4.78 is 5.53. The first-order valence-electron chi connectivity index (χ1n) is 10.0. The molecule has 1 aliphatic heterocycles. The Hall–Kier alpha value is -2.47. The zero-order valence-electron chi connectivity index (χ0n) is 16.6. The third-order valence-electron chi connectivity index (χ3n) is 5.33. The average Bonchev–Trinajstić information content (AvgIpc) is 3.25. The summed E-state index contributed by atoms with van der Waals surface area (Å²) in [7, 11) is 0. The van der Waals surface area contributed by atoms with Crippen molar-refractivity contribution in [3.05, 3.63) is 82.0 Å². The molecule has 1 N–H and O–H groups in total. The molecule has 1 aromatic heterocycles. The number of hydrogen-bond acceptors (Lipinski definition) is 4. The van der Waals surface area contributed by atoms with Crippen LogP contribution >= 0.6 is 11.3 Å². The first-order chi connectivity index (χ1) is 14.2. The van der Waals surface area contributed by atoms with Gasteiger partial charge in [0.05, 0.1) is 24.1 Å². The molecule has 1 unspecified atom stereocenters. The normalized spacial score (nSPS) is 15.8. The maximum absolute atomic E-state index is 13.0. The van der Waals surface area contributed by atoms with E-state index in [0.29, 0.717) is 6.54 Å². The second-order valence-electron chi connectivity index (χ2n) is 7.32. The lowest BCUT2D eigenvalue weighted by atomic mass is 10.0. The second-order valence-corrected chi connectivity index (χ2v) is 8.23. The van der Waals surface area contributed by atoms with Gasteiger partial charge in [0.1, 0.15) is 0 Å². The first-order valence-corrected chi connectivity index (χ1v) is 10.9. The smallest absolute Gasteiger partial charge is 0.262 e. The van der Waals surface area contributed by atoms with Crippen LogP contribution in [0.15, 0.2) is 66.0 Å². The van der Waals surface area contributed by atoms with E-state index >= 15 is 0 Å².